The van der Waals surface area contributed by atoms with Crippen LogP contribution in [0.15, 0.2) is 0 Å². The van der Waals surface area contributed by atoms with E-state index in [9.17, 15) is 10.1 Å². The minimum absolute atomic E-state index is 0.116. The van der Waals surface area contributed by atoms with Crippen molar-refractivity contribution in [3.63, 3.8) is 0 Å². The van der Waals surface area contributed by atoms with Crippen LogP contribution < -0.4 is 5.73 Å². The Morgan fingerprint density at radius 2 is 1.36 bits per heavy atom. The Balaban J connectivity index is 2.77. The summed E-state index contributed by atoms with van der Waals surface area (Å²) in [5, 5.41) is 9.40. The maximum absolute atomic E-state index is 11.7. The summed E-state index contributed by atoms with van der Waals surface area (Å²) in [6.45, 7) is 4.27. The number of nitriles is 1. The van der Waals surface area contributed by atoms with Crippen LogP contribution in [0.3, 0.4) is 0 Å². The van der Waals surface area contributed by atoms with Crippen molar-refractivity contribution >= 4 is 5.91 Å². The first-order valence-electron chi connectivity index (χ1n) is 9.26. The topological polar surface area (TPSA) is 66.9 Å². The summed E-state index contributed by atoms with van der Waals surface area (Å²) in [6.07, 6.45) is 14.1. The lowest BCUT2D eigenvalue weighted by Gasteiger charge is -2.32. The normalized spacial score (nSPS) is 22.1. The molecule has 1 aliphatic rings. The van der Waals surface area contributed by atoms with Gasteiger partial charge in [-0.05, 0) is 17.8 Å². The highest BCUT2D eigenvalue weighted by Crippen LogP contribution is 2.36. The van der Waals surface area contributed by atoms with Crippen LogP contribution in [0.4, 0.5) is 0 Å². The van der Waals surface area contributed by atoms with Crippen LogP contribution >= 0.6 is 0 Å². The molecule has 3 nitrogen and oxygen atoms in total. The first-order chi connectivity index (χ1) is 10.6. The molecule has 1 saturated carbocycles. The van der Waals surface area contributed by atoms with Gasteiger partial charge < -0.3 is 5.73 Å². The largest absolute Gasteiger partial charge is 0.369 e. The van der Waals surface area contributed by atoms with Crippen LogP contribution in [-0.2, 0) is 4.79 Å². The molecule has 0 aliphatic heterocycles. The zero-order valence-electron chi connectivity index (χ0n) is 14.5. The molecule has 2 unspecified atom stereocenters. The lowest BCUT2D eigenvalue weighted by Crippen LogP contribution is -2.36. The summed E-state index contributed by atoms with van der Waals surface area (Å²) in [4.78, 5) is 11.7. The molecule has 0 aromatic heterocycles. The van der Waals surface area contributed by atoms with Gasteiger partial charge in [-0.3, -0.25) is 4.79 Å². The highest BCUT2D eigenvalue weighted by atomic mass is 16.1. The Hall–Kier alpha value is -1.04. The van der Waals surface area contributed by atoms with Crippen LogP contribution in [0.2, 0.25) is 0 Å². The van der Waals surface area contributed by atoms with E-state index >= 15 is 0 Å². The van der Waals surface area contributed by atoms with Crippen LogP contribution in [-0.4, -0.2) is 5.91 Å². The average Bonchev–Trinajstić information content (AvgIpc) is 2.45. The van der Waals surface area contributed by atoms with Crippen LogP contribution in [0.5, 0.6) is 0 Å². The van der Waals surface area contributed by atoms with Crippen molar-refractivity contribution in [3.05, 3.63) is 0 Å². The summed E-state index contributed by atoms with van der Waals surface area (Å²) in [5.41, 5.74) is 5.50. The van der Waals surface area contributed by atoms with E-state index in [4.69, 9.17) is 5.73 Å². The number of nitrogens with two attached hydrogens (primary N) is 1. The molecule has 0 aromatic carbocycles. The molecule has 0 heterocycles. The van der Waals surface area contributed by atoms with Crippen molar-refractivity contribution in [1.82, 2.24) is 0 Å². The summed E-state index contributed by atoms with van der Waals surface area (Å²) in [6, 6.07) is 2.19. The van der Waals surface area contributed by atoms with E-state index < -0.39 is 11.8 Å². The van der Waals surface area contributed by atoms with E-state index in [-0.39, 0.29) is 5.92 Å². The van der Waals surface area contributed by atoms with Gasteiger partial charge in [0.2, 0.25) is 5.91 Å². The first kappa shape index (κ1) is 19.0. The number of hydrogen-bond acceptors (Lipinski definition) is 2. The SMILES string of the molecule is CC(C)C(C1CCCCCCCCCCC1)C(C#N)C(N)=O. The molecule has 0 radical (unpaired) electrons. The minimum atomic E-state index is -0.627. The first-order valence-corrected chi connectivity index (χ1v) is 9.26. The molecule has 0 bridgehead atoms. The van der Waals surface area contributed by atoms with Crippen molar-refractivity contribution in [2.75, 3.05) is 0 Å². The standard InChI is InChI=1S/C19H34N2O/c1-15(2)18(17(14-20)19(21)22)16-12-10-8-6-4-3-5-7-9-11-13-16/h15-18H,3-13H2,1-2H3,(H2,21,22). The number of amides is 1. The van der Waals surface area contributed by atoms with Gasteiger partial charge in [0.05, 0.1) is 6.07 Å². The average molecular weight is 306 g/mol. The summed E-state index contributed by atoms with van der Waals surface area (Å²) < 4.78 is 0. The summed E-state index contributed by atoms with van der Waals surface area (Å²) >= 11 is 0. The third-order valence-electron chi connectivity index (χ3n) is 5.29. The minimum Gasteiger partial charge on any atom is -0.369 e. The van der Waals surface area contributed by atoms with E-state index in [2.05, 4.69) is 19.9 Å². The summed E-state index contributed by atoms with van der Waals surface area (Å²) in [7, 11) is 0. The van der Waals surface area contributed by atoms with Gasteiger partial charge in [0.25, 0.3) is 0 Å². The quantitative estimate of drug-likeness (QED) is 0.810. The summed E-state index contributed by atoms with van der Waals surface area (Å²) in [5.74, 6) is -0.151. The molecule has 1 fully saturated rings. The molecule has 2 N–H and O–H groups in total. The van der Waals surface area contributed by atoms with E-state index in [0.717, 1.165) is 12.8 Å². The maximum atomic E-state index is 11.7. The molecule has 0 spiro atoms. The number of nitrogens with zero attached hydrogens (tertiary/aromatic N) is 1. The zero-order valence-corrected chi connectivity index (χ0v) is 14.5. The zero-order chi connectivity index (χ0) is 16.4. The second kappa shape index (κ2) is 10.6. The Bertz CT molecular complexity index is 347. The number of hydrogen-bond donors (Lipinski definition) is 1. The molecule has 22 heavy (non-hydrogen) atoms. The van der Waals surface area contributed by atoms with Gasteiger partial charge in [-0.15, -0.1) is 0 Å². The van der Waals surface area contributed by atoms with Gasteiger partial charge >= 0.3 is 0 Å². The second-order valence-corrected chi connectivity index (χ2v) is 7.35. The molecule has 1 amide bonds. The van der Waals surface area contributed by atoms with E-state index in [1.165, 1.54) is 57.8 Å². The Morgan fingerprint density at radius 1 is 0.955 bits per heavy atom. The molecular weight excluding hydrogens is 272 g/mol. The number of rotatable bonds is 4. The van der Waals surface area contributed by atoms with Gasteiger partial charge in [0, 0.05) is 0 Å². The van der Waals surface area contributed by atoms with Crippen molar-refractivity contribution in [2.24, 2.45) is 29.4 Å². The van der Waals surface area contributed by atoms with Crippen molar-refractivity contribution in [1.29, 1.82) is 5.26 Å². The molecular formula is C19H34N2O. The van der Waals surface area contributed by atoms with E-state index in [1.54, 1.807) is 0 Å². The van der Waals surface area contributed by atoms with Crippen molar-refractivity contribution in [2.45, 2.75) is 84.5 Å². The third kappa shape index (κ3) is 6.38. The second-order valence-electron chi connectivity index (χ2n) is 7.35. The maximum Gasteiger partial charge on any atom is 0.235 e. The Morgan fingerprint density at radius 3 is 1.68 bits per heavy atom. The molecule has 1 rings (SSSR count). The highest BCUT2D eigenvalue weighted by Gasteiger charge is 2.34. The van der Waals surface area contributed by atoms with Crippen LogP contribution in [0, 0.1) is 35.0 Å². The Labute approximate surface area is 136 Å². The fourth-order valence-corrected chi connectivity index (χ4v) is 4.12. The van der Waals surface area contributed by atoms with Gasteiger partial charge in [-0.2, -0.15) is 5.26 Å². The lowest BCUT2D eigenvalue weighted by molar-refractivity contribution is -0.122. The van der Waals surface area contributed by atoms with Crippen molar-refractivity contribution in [3.8, 4) is 6.07 Å². The van der Waals surface area contributed by atoms with Gasteiger partial charge in [0.15, 0.2) is 0 Å². The molecule has 0 aromatic rings. The Kier molecular flexibility index (Phi) is 9.20. The van der Waals surface area contributed by atoms with E-state index in [1.807, 2.05) is 0 Å². The van der Waals surface area contributed by atoms with Gasteiger partial charge in [-0.25, -0.2) is 0 Å². The molecule has 2 atom stereocenters. The molecule has 1 aliphatic carbocycles. The predicted octanol–water partition coefficient (Wildman–Crippen LogP) is 4.80. The van der Waals surface area contributed by atoms with E-state index in [0.29, 0.717) is 11.8 Å². The molecule has 0 saturated heterocycles. The third-order valence-corrected chi connectivity index (χ3v) is 5.29. The van der Waals surface area contributed by atoms with Crippen LogP contribution in [0.25, 0.3) is 0 Å². The monoisotopic (exact) mass is 306 g/mol. The molecule has 3 heteroatoms. The van der Waals surface area contributed by atoms with Gasteiger partial charge in [0.1, 0.15) is 5.92 Å². The highest BCUT2D eigenvalue weighted by molar-refractivity contribution is 5.79. The van der Waals surface area contributed by atoms with Crippen molar-refractivity contribution < 1.29 is 4.79 Å². The lowest BCUT2D eigenvalue weighted by atomic mass is 9.71. The smallest absolute Gasteiger partial charge is 0.235 e. The fraction of sp³-hybridized carbons (Fsp3) is 0.895. The predicted molar refractivity (Wildman–Crippen MR) is 90.9 cm³/mol. The number of carbonyl (C=O) groups is 1. The molecule has 126 valence electrons. The van der Waals surface area contributed by atoms with Crippen LogP contribution in [0.1, 0.15) is 84.5 Å². The fourth-order valence-electron chi connectivity index (χ4n) is 4.12. The number of primary amides is 1. The van der Waals surface area contributed by atoms with Gasteiger partial charge in [-0.1, -0.05) is 84.5 Å². The number of carbonyl (C=O) groups excluding carboxylic acids is 1.